The number of rotatable bonds is 4. The van der Waals surface area contributed by atoms with Gasteiger partial charge in [-0.15, -0.1) is 11.3 Å². The second-order valence-electron chi connectivity index (χ2n) is 7.43. The van der Waals surface area contributed by atoms with Gasteiger partial charge in [0.05, 0.1) is 16.8 Å². The van der Waals surface area contributed by atoms with Crippen molar-refractivity contribution in [3.63, 3.8) is 0 Å². The number of amides is 2. The van der Waals surface area contributed by atoms with E-state index in [0.717, 1.165) is 22.5 Å². The SMILES string of the molecule is CC(=O)N1C=Cc2ccccc2[C@H]1CC(=O)N1CCN(S(=O)(=O)c2ccc(Cl)s2)CC1. The van der Waals surface area contributed by atoms with Crippen molar-refractivity contribution >= 4 is 50.9 Å². The smallest absolute Gasteiger partial charge is 0.252 e. The molecule has 2 aromatic rings. The van der Waals surface area contributed by atoms with Crippen LogP contribution in [0, 0.1) is 0 Å². The molecule has 0 bridgehead atoms. The molecular formula is C21H22ClN3O4S2. The monoisotopic (exact) mass is 479 g/mol. The van der Waals surface area contributed by atoms with Crippen molar-refractivity contribution < 1.29 is 18.0 Å². The second kappa shape index (κ2) is 8.74. The number of hydrogen-bond acceptors (Lipinski definition) is 5. The van der Waals surface area contributed by atoms with Crippen LogP contribution in [-0.4, -0.2) is 60.5 Å². The Balaban J connectivity index is 1.44. The summed E-state index contributed by atoms with van der Waals surface area (Å²) in [4.78, 5) is 28.4. The van der Waals surface area contributed by atoms with E-state index in [2.05, 4.69) is 0 Å². The fraction of sp³-hybridized carbons (Fsp3) is 0.333. The molecule has 0 unspecified atom stereocenters. The highest BCUT2D eigenvalue weighted by atomic mass is 35.5. The van der Waals surface area contributed by atoms with E-state index >= 15 is 0 Å². The molecule has 0 N–H and O–H groups in total. The van der Waals surface area contributed by atoms with Crippen LogP contribution in [0.25, 0.3) is 6.08 Å². The third kappa shape index (κ3) is 4.41. The maximum absolute atomic E-state index is 13.1. The van der Waals surface area contributed by atoms with Gasteiger partial charge in [-0.05, 0) is 29.3 Å². The number of carbonyl (C=O) groups excluding carboxylic acids is 2. The Morgan fingerprint density at radius 3 is 2.45 bits per heavy atom. The molecule has 0 radical (unpaired) electrons. The predicted molar refractivity (Wildman–Crippen MR) is 120 cm³/mol. The predicted octanol–water partition coefficient (Wildman–Crippen LogP) is 3.20. The van der Waals surface area contributed by atoms with E-state index in [4.69, 9.17) is 11.6 Å². The first-order valence-electron chi connectivity index (χ1n) is 9.86. The Morgan fingerprint density at radius 2 is 1.81 bits per heavy atom. The topological polar surface area (TPSA) is 78.0 Å². The van der Waals surface area contributed by atoms with Crippen LogP contribution in [0.1, 0.15) is 30.5 Å². The number of halogens is 1. The van der Waals surface area contributed by atoms with Crippen LogP contribution >= 0.6 is 22.9 Å². The number of thiophene rings is 1. The summed E-state index contributed by atoms with van der Waals surface area (Å²) in [5.41, 5.74) is 1.92. The van der Waals surface area contributed by atoms with Gasteiger partial charge in [0.25, 0.3) is 10.0 Å². The molecule has 164 valence electrons. The quantitative estimate of drug-likeness (QED) is 0.674. The van der Waals surface area contributed by atoms with E-state index < -0.39 is 10.0 Å². The maximum Gasteiger partial charge on any atom is 0.252 e. The van der Waals surface area contributed by atoms with Gasteiger partial charge in [-0.2, -0.15) is 4.31 Å². The lowest BCUT2D eigenvalue weighted by atomic mass is 9.93. The maximum atomic E-state index is 13.1. The molecule has 2 amide bonds. The molecule has 31 heavy (non-hydrogen) atoms. The molecule has 0 aliphatic carbocycles. The van der Waals surface area contributed by atoms with Crippen LogP contribution in [0.15, 0.2) is 46.8 Å². The van der Waals surface area contributed by atoms with Crippen molar-refractivity contribution in [1.82, 2.24) is 14.1 Å². The molecule has 0 saturated carbocycles. The Labute approximate surface area is 190 Å². The van der Waals surface area contributed by atoms with Crippen molar-refractivity contribution in [2.75, 3.05) is 26.2 Å². The first kappa shape index (κ1) is 22.0. The lowest BCUT2D eigenvalue weighted by Crippen LogP contribution is -2.51. The third-order valence-corrected chi connectivity index (χ3v) is 9.17. The fourth-order valence-electron chi connectivity index (χ4n) is 3.95. The molecule has 3 heterocycles. The molecular weight excluding hydrogens is 458 g/mol. The Kier molecular flexibility index (Phi) is 6.20. The Hall–Kier alpha value is -2.20. The molecule has 4 rings (SSSR count). The van der Waals surface area contributed by atoms with Crippen molar-refractivity contribution in [3.8, 4) is 0 Å². The molecule has 1 saturated heterocycles. The van der Waals surface area contributed by atoms with Crippen LogP contribution in [-0.2, 0) is 19.6 Å². The Morgan fingerprint density at radius 1 is 1.10 bits per heavy atom. The molecule has 1 fully saturated rings. The van der Waals surface area contributed by atoms with E-state index in [1.807, 2.05) is 30.3 Å². The summed E-state index contributed by atoms with van der Waals surface area (Å²) in [6.45, 7) is 2.54. The minimum absolute atomic E-state index is 0.0995. The van der Waals surface area contributed by atoms with Crippen molar-refractivity contribution in [1.29, 1.82) is 0 Å². The summed E-state index contributed by atoms with van der Waals surface area (Å²) in [5.74, 6) is -0.230. The average Bonchev–Trinajstić information content (AvgIpc) is 3.21. The second-order valence-corrected chi connectivity index (χ2v) is 11.3. The first-order valence-corrected chi connectivity index (χ1v) is 12.5. The van der Waals surface area contributed by atoms with Gasteiger partial charge >= 0.3 is 0 Å². The molecule has 7 nitrogen and oxygen atoms in total. The summed E-state index contributed by atoms with van der Waals surface area (Å²) >= 11 is 6.91. The number of nitrogens with zero attached hydrogens (tertiary/aromatic N) is 3. The molecule has 10 heteroatoms. The third-order valence-electron chi connectivity index (χ3n) is 5.57. The van der Waals surface area contributed by atoms with Crippen LogP contribution in [0.3, 0.4) is 0 Å². The lowest BCUT2D eigenvalue weighted by Gasteiger charge is -2.37. The standard InChI is InChI=1S/C21H22ClN3O4S2/c1-15(26)25-9-8-16-4-2-3-5-17(16)18(25)14-20(27)23-10-12-24(13-11-23)31(28,29)21-7-6-19(22)30-21/h2-9,18H,10-14H2,1H3/t18-/m1/s1. The van der Waals surface area contributed by atoms with Crippen molar-refractivity contribution in [3.05, 3.63) is 58.1 Å². The summed E-state index contributed by atoms with van der Waals surface area (Å²) in [5, 5.41) is 0. The minimum Gasteiger partial charge on any atom is -0.340 e. The molecule has 2 aliphatic heterocycles. The van der Waals surface area contributed by atoms with Crippen LogP contribution in [0.5, 0.6) is 0 Å². The van der Waals surface area contributed by atoms with Gasteiger partial charge in [-0.25, -0.2) is 8.42 Å². The summed E-state index contributed by atoms with van der Waals surface area (Å²) in [7, 11) is -3.61. The first-order chi connectivity index (χ1) is 14.8. The van der Waals surface area contributed by atoms with E-state index in [0.29, 0.717) is 17.4 Å². The zero-order valence-corrected chi connectivity index (χ0v) is 19.3. The number of hydrogen-bond donors (Lipinski definition) is 0. The van der Waals surface area contributed by atoms with Gasteiger partial charge in [0, 0.05) is 39.3 Å². The number of carbonyl (C=O) groups is 2. The van der Waals surface area contributed by atoms with Gasteiger partial charge in [0.15, 0.2) is 0 Å². The molecule has 1 atom stereocenters. The van der Waals surface area contributed by atoms with Crippen LogP contribution in [0.2, 0.25) is 4.34 Å². The van der Waals surface area contributed by atoms with Gasteiger partial charge in [0.2, 0.25) is 11.8 Å². The fourth-order valence-corrected chi connectivity index (χ4v) is 7.01. The molecule has 2 aliphatic rings. The average molecular weight is 480 g/mol. The lowest BCUT2D eigenvalue weighted by molar-refractivity contribution is -0.135. The summed E-state index contributed by atoms with van der Waals surface area (Å²) < 4.78 is 27.6. The highest BCUT2D eigenvalue weighted by Crippen LogP contribution is 2.34. The number of fused-ring (bicyclic) bond motifs is 1. The zero-order chi connectivity index (χ0) is 22.2. The van der Waals surface area contributed by atoms with Crippen molar-refractivity contribution in [2.24, 2.45) is 0 Å². The van der Waals surface area contributed by atoms with Gasteiger partial charge < -0.3 is 9.80 Å². The number of sulfonamides is 1. The minimum atomic E-state index is -3.61. The zero-order valence-electron chi connectivity index (χ0n) is 16.9. The summed E-state index contributed by atoms with van der Waals surface area (Å²) in [6.07, 6.45) is 3.74. The van der Waals surface area contributed by atoms with Gasteiger partial charge in [0.1, 0.15) is 4.21 Å². The van der Waals surface area contributed by atoms with E-state index in [1.54, 1.807) is 22.1 Å². The number of piperazine rings is 1. The van der Waals surface area contributed by atoms with Crippen LogP contribution in [0.4, 0.5) is 0 Å². The Bertz CT molecular complexity index is 1140. The number of benzene rings is 1. The summed E-state index contributed by atoms with van der Waals surface area (Å²) in [6, 6.07) is 10.4. The van der Waals surface area contributed by atoms with Gasteiger partial charge in [-0.1, -0.05) is 35.9 Å². The molecule has 1 aromatic carbocycles. The normalized spacial score (nSPS) is 19.4. The highest BCUT2D eigenvalue weighted by Gasteiger charge is 2.34. The van der Waals surface area contributed by atoms with Crippen molar-refractivity contribution in [2.45, 2.75) is 23.6 Å². The van der Waals surface area contributed by atoms with E-state index in [-0.39, 0.29) is 41.6 Å². The van der Waals surface area contributed by atoms with Crippen LogP contribution < -0.4 is 0 Å². The van der Waals surface area contributed by atoms with Gasteiger partial charge in [-0.3, -0.25) is 9.59 Å². The largest absolute Gasteiger partial charge is 0.340 e. The molecule has 1 aromatic heterocycles. The molecule has 0 spiro atoms. The highest BCUT2D eigenvalue weighted by molar-refractivity contribution is 7.91. The van der Waals surface area contributed by atoms with E-state index in [9.17, 15) is 18.0 Å². The van der Waals surface area contributed by atoms with E-state index in [1.165, 1.54) is 17.3 Å².